The Labute approximate surface area is 130 Å². The van der Waals surface area contributed by atoms with Gasteiger partial charge in [0.15, 0.2) is 0 Å². The molecular formula is C19H30N2. The maximum atomic E-state index is 2.46. The summed E-state index contributed by atoms with van der Waals surface area (Å²) in [5, 5.41) is 0. The van der Waals surface area contributed by atoms with Crippen molar-refractivity contribution in [3.8, 4) is 0 Å². The van der Waals surface area contributed by atoms with Crippen LogP contribution >= 0.6 is 0 Å². The summed E-state index contributed by atoms with van der Waals surface area (Å²) in [6, 6.07) is 10.7. The second kappa shape index (κ2) is 8.76. The molecule has 0 N–H and O–H groups in total. The van der Waals surface area contributed by atoms with Crippen LogP contribution in [0.3, 0.4) is 0 Å². The lowest BCUT2D eigenvalue weighted by molar-refractivity contribution is 0.291. The highest BCUT2D eigenvalue weighted by molar-refractivity contribution is 5.51. The van der Waals surface area contributed by atoms with E-state index in [0.717, 1.165) is 6.54 Å². The molecule has 21 heavy (non-hydrogen) atoms. The van der Waals surface area contributed by atoms with Crippen molar-refractivity contribution in [1.82, 2.24) is 4.90 Å². The van der Waals surface area contributed by atoms with E-state index in [-0.39, 0.29) is 0 Å². The van der Waals surface area contributed by atoms with Gasteiger partial charge in [0, 0.05) is 24.6 Å². The first kappa shape index (κ1) is 15.9. The van der Waals surface area contributed by atoms with Gasteiger partial charge in [-0.15, -0.1) is 0 Å². The van der Waals surface area contributed by atoms with Crippen LogP contribution in [0.2, 0.25) is 0 Å². The van der Waals surface area contributed by atoms with Crippen molar-refractivity contribution in [3.05, 3.63) is 42.7 Å². The summed E-state index contributed by atoms with van der Waals surface area (Å²) in [4.78, 5) is 4.88. The van der Waals surface area contributed by atoms with Gasteiger partial charge in [0.25, 0.3) is 0 Å². The fourth-order valence-corrected chi connectivity index (χ4v) is 3.10. The molecule has 0 spiro atoms. The third-order valence-electron chi connectivity index (χ3n) is 4.36. The Balaban J connectivity index is 1.85. The van der Waals surface area contributed by atoms with E-state index in [1.807, 2.05) is 0 Å². The molecule has 1 aliphatic rings. The van der Waals surface area contributed by atoms with Crippen LogP contribution in [0.1, 0.15) is 58.8 Å². The van der Waals surface area contributed by atoms with E-state index in [0.29, 0.717) is 6.17 Å². The van der Waals surface area contributed by atoms with Crippen LogP contribution in [0.5, 0.6) is 0 Å². The summed E-state index contributed by atoms with van der Waals surface area (Å²) < 4.78 is 0. The summed E-state index contributed by atoms with van der Waals surface area (Å²) in [7, 11) is 0. The van der Waals surface area contributed by atoms with Crippen LogP contribution in [0.25, 0.3) is 0 Å². The zero-order valence-corrected chi connectivity index (χ0v) is 13.7. The van der Waals surface area contributed by atoms with Gasteiger partial charge in [0.1, 0.15) is 6.17 Å². The molecule has 0 fully saturated rings. The molecule has 0 saturated carbocycles. The minimum atomic E-state index is 0.503. The predicted octanol–water partition coefficient (Wildman–Crippen LogP) is 5.38. The molecule has 0 aromatic heterocycles. The molecule has 2 rings (SSSR count). The number of hydrogen-bond donors (Lipinski definition) is 0. The highest BCUT2D eigenvalue weighted by Crippen LogP contribution is 2.27. The van der Waals surface area contributed by atoms with E-state index >= 15 is 0 Å². The monoisotopic (exact) mass is 286 g/mol. The van der Waals surface area contributed by atoms with Crippen molar-refractivity contribution in [3.63, 3.8) is 0 Å². The Bertz CT molecular complexity index is 413. The number of hydrogen-bond acceptors (Lipinski definition) is 2. The molecule has 0 saturated heterocycles. The van der Waals surface area contributed by atoms with E-state index in [2.05, 4.69) is 66.4 Å². The normalized spacial score (nSPS) is 17.7. The molecule has 2 heteroatoms. The van der Waals surface area contributed by atoms with Crippen molar-refractivity contribution in [1.29, 1.82) is 0 Å². The molecule has 1 aliphatic heterocycles. The van der Waals surface area contributed by atoms with Gasteiger partial charge in [-0.05, 0) is 31.9 Å². The minimum Gasteiger partial charge on any atom is -0.356 e. The fourth-order valence-electron chi connectivity index (χ4n) is 3.10. The van der Waals surface area contributed by atoms with E-state index in [4.69, 9.17) is 0 Å². The first-order valence-corrected chi connectivity index (χ1v) is 8.64. The quantitative estimate of drug-likeness (QED) is 0.563. The van der Waals surface area contributed by atoms with Crippen molar-refractivity contribution < 1.29 is 0 Å². The minimum absolute atomic E-state index is 0.503. The Morgan fingerprint density at radius 1 is 0.857 bits per heavy atom. The van der Waals surface area contributed by atoms with Gasteiger partial charge in [0.2, 0.25) is 0 Å². The standard InChI is InChI=1S/C19H30N2/c1-3-5-6-7-8-12-15-19-20(4-2)16-17-21(19)18-13-10-9-11-14-18/h9-11,13-14,16-17,19H,3-8,12,15H2,1-2H3. The molecule has 1 heterocycles. The zero-order valence-electron chi connectivity index (χ0n) is 13.7. The summed E-state index contributed by atoms with van der Waals surface area (Å²) in [5.74, 6) is 0. The third-order valence-corrected chi connectivity index (χ3v) is 4.36. The first-order valence-electron chi connectivity index (χ1n) is 8.64. The highest BCUT2D eigenvalue weighted by atomic mass is 15.4. The molecule has 116 valence electrons. The van der Waals surface area contributed by atoms with Gasteiger partial charge in [-0.1, -0.05) is 57.2 Å². The molecular weight excluding hydrogens is 256 g/mol. The van der Waals surface area contributed by atoms with E-state index < -0.39 is 0 Å². The van der Waals surface area contributed by atoms with Gasteiger partial charge in [-0.2, -0.15) is 0 Å². The summed E-state index contributed by atoms with van der Waals surface area (Å²) >= 11 is 0. The lowest BCUT2D eigenvalue weighted by atomic mass is 10.1. The number of anilines is 1. The Kier molecular flexibility index (Phi) is 6.65. The third kappa shape index (κ3) is 4.52. The summed E-state index contributed by atoms with van der Waals surface area (Å²) in [6.07, 6.45) is 14.5. The van der Waals surface area contributed by atoms with Crippen LogP contribution in [0, 0.1) is 0 Å². The lowest BCUT2D eigenvalue weighted by Gasteiger charge is -2.32. The number of unbranched alkanes of at least 4 members (excludes halogenated alkanes) is 5. The van der Waals surface area contributed by atoms with Gasteiger partial charge >= 0.3 is 0 Å². The molecule has 0 amide bonds. The van der Waals surface area contributed by atoms with Crippen molar-refractivity contribution in [2.24, 2.45) is 0 Å². The zero-order chi connectivity index (χ0) is 14.9. The summed E-state index contributed by atoms with van der Waals surface area (Å²) in [5.41, 5.74) is 1.31. The predicted molar refractivity (Wildman–Crippen MR) is 92.2 cm³/mol. The van der Waals surface area contributed by atoms with Crippen LogP contribution in [-0.4, -0.2) is 17.6 Å². The molecule has 1 atom stereocenters. The molecule has 0 aliphatic carbocycles. The Morgan fingerprint density at radius 3 is 2.29 bits per heavy atom. The highest BCUT2D eigenvalue weighted by Gasteiger charge is 2.25. The first-order chi connectivity index (χ1) is 10.4. The maximum Gasteiger partial charge on any atom is 0.105 e. The van der Waals surface area contributed by atoms with Crippen LogP contribution in [0.4, 0.5) is 5.69 Å². The Morgan fingerprint density at radius 2 is 1.57 bits per heavy atom. The fraction of sp³-hybridized carbons (Fsp3) is 0.579. The van der Waals surface area contributed by atoms with Crippen molar-refractivity contribution >= 4 is 5.69 Å². The van der Waals surface area contributed by atoms with Gasteiger partial charge in [0.05, 0.1) is 0 Å². The van der Waals surface area contributed by atoms with Gasteiger partial charge in [-0.25, -0.2) is 0 Å². The van der Waals surface area contributed by atoms with E-state index in [1.165, 1.54) is 50.6 Å². The summed E-state index contributed by atoms with van der Waals surface area (Å²) in [6.45, 7) is 5.61. The van der Waals surface area contributed by atoms with E-state index in [9.17, 15) is 0 Å². The second-order valence-corrected chi connectivity index (χ2v) is 5.91. The second-order valence-electron chi connectivity index (χ2n) is 5.91. The molecule has 1 aromatic rings. The van der Waals surface area contributed by atoms with Gasteiger partial charge in [-0.3, -0.25) is 0 Å². The Hall–Kier alpha value is -1.44. The number of rotatable bonds is 9. The maximum absolute atomic E-state index is 2.46. The number of nitrogens with zero attached hydrogens (tertiary/aromatic N) is 2. The van der Waals surface area contributed by atoms with Crippen molar-refractivity contribution in [2.75, 3.05) is 11.4 Å². The molecule has 0 bridgehead atoms. The van der Waals surface area contributed by atoms with E-state index in [1.54, 1.807) is 0 Å². The van der Waals surface area contributed by atoms with Crippen LogP contribution in [0.15, 0.2) is 42.7 Å². The van der Waals surface area contributed by atoms with Crippen LogP contribution < -0.4 is 4.90 Å². The van der Waals surface area contributed by atoms with Crippen molar-refractivity contribution in [2.45, 2.75) is 65.0 Å². The number of benzene rings is 1. The topological polar surface area (TPSA) is 6.48 Å². The SMILES string of the molecule is CCCCCCCCC1N(CC)C=CN1c1ccccc1. The largest absolute Gasteiger partial charge is 0.356 e. The molecule has 2 nitrogen and oxygen atoms in total. The smallest absolute Gasteiger partial charge is 0.105 e. The average Bonchev–Trinajstić information content (AvgIpc) is 2.94. The number of para-hydroxylation sites is 1. The lowest BCUT2D eigenvalue weighted by Crippen LogP contribution is -2.38. The molecule has 1 unspecified atom stereocenters. The van der Waals surface area contributed by atoms with Gasteiger partial charge < -0.3 is 9.80 Å². The molecule has 0 radical (unpaired) electrons. The average molecular weight is 286 g/mol. The van der Waals surface area contributed by atoms with Crippen LogP contribution in [-0.2, 0) is 0 Å². The molecule has 1 aromatic carbocycles.